The molecule has 8 nitrogen and oxygen atoms in total. The first-order valence-corrected chi connectivity index (χ1v) is 10.5. The molecule has 0 unspecified atom stereocenters. The molecule has 0 aromatic heterocycles. The first kappa shape index (κ1) is 26.3. The van der Waals surface area contributed by atoms with E-state index in [4.69, 9.17) is 0 Å². The van der Waals surface area contributed by atoms with E-state index in [1.165, 1.54) is 0 Å². The summed E-state index contributed by atoms with van der Waals surface area (Å²) in [5.74, 6) is -0.734. The molecular formula is C8H12F6O8S3. The number of hydrogen-bond acceptors (Lipinski definition) is 8. The lowest BCUT2D eigenvalue weighted by Gasteiger charge is -2.09. The highest BCUT2D eigenvalue weighted by Gasteiger charge is 2.57. The molecule has 0 heterocycles. The van der Waals surface area contributed by atoms with E-state index in [1.807, 2.05) is 3.63 Å². The molecule has 0 fully saturated rings. The summed E-state index contributed by atoms with van der Waals surface area (Å²) >= 11 is 0. The molecule has 0 bridgehead atoms. The minimum absolute atomic E-state index is 0.185. The second kappa shape index (κ2) is 8.17. The molecule has 0 spiro atoms. The van der Waals surface area contributed by atoms with Crippen LogP contribution in [0.3, 0.4) is 0 Å². The van der Waals surface area contributed by atoms with E-state index in [0.29, 0.717) is 0 Å². The predicted octanol–water partition coefficient (Wildman–Crippen LogP) is 0.958. The average molecular weight is 446 g/mol. The van der Waals surface area contributed by atoms with Crippen LogP contribution in [0.25, 0.3) is 0 Å². The smallest absolute Gasteiger partial charge is 0.298 e. The average Bonchev–Trinajstić information content (AvgIpc) is 2.22. The molecule has 0 amide bonds. The van der Waals surface area contributed by atoms with Crippen LogP contribution in [0, 0.1) is 5.92 Å². The maximum atomic E-state index is 11.4. The SMILES string of the molecule is CC(C)C(=O)CS(C)(=O)=O.O=S(=O)(OS(=O)(=O)C(F)(F)F)C(F)(F)F. The van der Waals surface area contributed by atoms with Crippen molar-refractivity contribution in [1.82, 2.24) is 0 Å². The highest BCUT2D eigenvalue weighted by atomic mass is 32.3. The number of carbonyl (C=O) groups is 1. The molecule has 0 aromatic carbocycles. The van der Waals surface area contributed by atoms with Gasteiger partial charge < -0.3 is 0 Å². The van der Waals surface area contributed by atoms with Crippen LogP contribution < -0.4 is 0 Å². The van der Waals surface area contributed by atoms with Gasteiger partial charge in [0, 0.05) is 12.2 Å². The zero-order valence-corrected chi connectivity index (χ0v) is 15.0. The largest absolute Gasteiger partial charge is 0.524 e. The van der Waals surface area contributed by atoms with Crippen LogP contribution >= 0.6 is 0 Å². The van der Waals surface area contributed by atoms with Gasteiger partial charge in [0.15, 0.2) is 9.84 Å². The van der Waals surface area contributed by atoms with Gasteiger partial charge in [-0.3, -0.25) is 4.79 Å². The maximum Gasteiger partial charge on any atom is 0.524 e. The highest BCUT2D eigenvalue weighted by molar-refractivity contribution is 8.00. The van der Waals surface area contributed by atoms with Crippen LogP contribution in [0.4, 0.5) is 26.3 Å². The Morgan fingerprint density at radius 1 is 0.840 bits per heavy atom. The summed E-state index contributed by atoms with van der Waals surface area (Å²) in [7, 11) is -16.8. The van der Waals surface area contributed by atoms with Gasteiger partial charge in [-0.25, -0.2) is 8.42 Å². The second-order valence-corrected chi connectivity index (χ2v) is 9.99. The third-order valence-electron chi connectivity index (χ3n) is 1.79. The van der Waals surface area contributed by atoms with Gasteiger partial charge in [0.25, 0.3) is 0 Å². The molecular weight excluding hydrogens is 434 g/mol. The summed E-state index contributed by atoms with van der Waals surface area (Å²) < 4.78 is 131. The first-order chi connectivity index (χ1) is 10.5. The molecule has 0 radical (unpaired) electrons. The molecule has 0 N–H and O–H groups in total. The van der Waals surface area contributed by atoms with Gasteiger partial charge in [0.1, 0.15) is 11.5 Å². The summed E-state index contributed by atoms with van der Waals surface area (Å²) in [4.78, 5) is 10.8. The van der Waals surface area contributed by atoms with E-state index < -0.39 is 41.1 Å². The number of alkyl halides is 6. The van der Waals surface area contributed by atoms with Crippen molar-refractivity contribution in [2.45, 2.75) is 24.9 Å². The Morgan fingerprint density at radius 2 is 1.12 bits per heavy atom. The lowest BCUT2D eigenvalue weighted by molar-refractivity contribution is -0.119. The lowest BCUT2D eigenvalue weighted by Crippen LogP contribution is -2.34. The fourth-order valence-corrected chi connectivity index (χ4v) is 3.03. The Balaban J connectivity index is 0. The number of carbonyl (C=O) groups excluding carboxylic acids is 1. The van der Waals surface area contributed by atoms with Gasteiger partial charge in [0.05, 0.1) is 0 Å². The van der Waals surface area contributed by atoms with Crippen LogP contribution in [0.2, 0.25) is 0 Å². The van der Waals surface area contributed by atoms with E-state index >= 15 is 0 Å². The molecule has 17 heteroatoms. The number of halogens is 6. The topological polar surface area (TPSA) is 129 Å². The Kier molecular flexibility index (Phi) is 8.59. The Labute approximate surface area is 139 Å². The number of Topliss-reactive ketones (excluding diaryl/α,β-unsaturated/α-hetero) is 1. The Morgan fingerprint density at radius 3 is 1.24 bits per heavy atom. The molecule has 0 saturated heterocycles. The van der Waals surface area contributed by atoms with Crippen molar-refractivity contribution < 1.29 is 60.0 Å². The van der Waals surface area contributed by atoms with Gasteiger partial charge in [-0.15, -0.1) is 3.63 Å². The van der Waals surface area contributed by atoms with Crippen molar-refractivity contribution in [3.05, 3.63) is 0 Å². The maximum absolute atomic E-state index is 11.4. The molecule has 0 aliphatic carbocycles. The zero-order valence-electron chi connectivity index (χ0n) is 12.5. The molecule has 0 aromatic rings. The van der Waals surface area contributed by atoms with E-state index in [1.54, 1.807) is 13.8 Å². The summed E-state index contributed by atoms with van der Waals surface area (Å²) in [6, 6.07) is 0. The van der Waals surface area contributed by atoms with Gasteiger partial charge in [-0.1, -0.05) is 13.8 Å². The highest BCUT2D eigenvalue weighted by Crippen LogP contribution is 2.32. The number of hydrogen-bond donors (Lipinski definition) is 0. The monoisotopic (exact) mass is 446 g/mol. The normalized spacial score (nSPS) is 14.0. The zero-order chi connectivity index (χ0) is 21.1. The second-order valence-electron chi connectivity index (χ2n) is 4.56. The Bertz CT molecular complexity index is 731. The predicted molar refractivity (Wildman–Crippen MR) is 70.6 cm³/mol. The van der Waals surface area contributed by atoms with Crippen molar-refractivity contribution in [1.29, 1.82) is 0 Å². The lowest BCUT2D eigenvalue weighted by atomic mass is 10.1. The third-order valence-corrected chi connectivity index (χ3v) is 5.17. The standard InChI is InChI=1S/C6H12O3S.C2F6O5S2/c1-5(2)6(7)4-10(3,8)9;3-1(4,5)14(9,10)13-15(11,12)2(6,7)8/h5H,4H2,1-3H3;. The van der Waals surface area contributed by atoms with Crippen LogP contribution in [0.5, 0.6) is 0 Å². The fraction of sp³-hybridized carbons (Fsp3) is 0.875. The van der Waals surface area contributed by atoms with Crippen LogP contribution in [0.1, 0.15) is 13.8 Å². The van der Waals surface area contributed by atoms with E-state index in [9.17, 15) is 56.4 Å². The summed E-state index contributed by atoms with van der Waals surface area (Å²) in [5, 5.41) is 0. The number of sulfone groups is 1. The number of ketones is 1. The molecule has 25 heavy (non-hydrogen) atoms. The van der Waals surface area contributed by atoms with Crippen LogP contribution in [0.15, 0.2) is 0 Å². The van der Waals surface area contributed by atoms with Gasteiger partial charge in [-0.2, -0.15) is 43.2 Å². The summed E-state index contributed by atoms with van der Waals surface area (Å²) in [6.45, 7) is 3.38. The number of rotatable bonds is 5. The molecule has 0 aliphatic heterocycles. The fourth-order valence-electron chi connectivity index (χ4n) is 0.620. The molecule has 0 aliphatic rings. The van der Waals surface area contributed by atoms with Gasteiger partial charge in [-0.05, 0) is 0 Å². The molecule has 0 atom stereocenters. The quantitative estimate of drug-likeness (QED) is 0.451. The van der Waals surface area contributed by atoms with E-state index in [-0.39, 0.29) is 17.5 Å². The van der Waals surface area contributed by atoms with Crippen LogP contribution in [-0.4, -0.2) is 54.1 Å². The van der Waals surface area contributed by atoms with Crippen molar-refractivity contribution in [2.24, 2.45) is 5.92 Å². The first-order valence-electron chi connectivity index (χ1n) is 5.57. The Hall–Kier alpha value is -0.940. The van der Waals surface area contributed by atoms with Crippen molar-refractivity contribution >= 4 is 35.9 Å². The van der Waals surface area contributed by atoms with E-state index in [2.05, 4.69) is 0 Å². The van der Waals surface area contributed by atoms with Crippen LogP contribution in [-0.2, 0) is 38.5 Å². The minimum Gasteiger partial charge on any atom is -0.298 e. The minimum atomic E-state index is -6.85. The summed E-state index contributed by atoms with van der Waals surface area (Å²) in [5.41, 5.74) is -12.5. The van der Waals surface area contributed by atoms with Gasteiger partial charge in [0.2, 0.25) is 0 Å². The summed E-state index contributed by atoms with van der Waals surface area (Å²) in [6.07, 6.45) is 1.06. The third kappa shape index (κ3) is 9.95. The molecule has 0 rings (SSSR count). The van der Waals surface area contributed by atoms with Gasteiger partial charge >= 0.3 is 31.3 Å². The van der Waals surface area contributed by atoms with Crippen molar-refractivity contribution in [3.8, 4) is 0 Å². The van der Waals surface area contributed by atoms with E-state index in [0.717, 1.165) is 6.26 Å². The van der Waals surface area contributed by atoms with Crippen molar-refractivity contribution in [2.75, 3.05) is 12.0 Å². The molecule has 0 saturated carbocycles. The van der Waals surface area contributed by atoms with Crippen molar-refractivity contribution in [3.63, 3.8) is 0 Å². The molecule has 152 valence electrons.